The van der Waals surface area contributed by atoms with Gasteiger partial charge in [0.05, 0.1) is 34.4 Å². The number of nitrogens with zero attached hydrogens (tertiary/aromatic N) is 2. The van der Waals surface area contributed by atoms with Crippen molar-refractivity contribution >= 4 is 35.5 Å². The highest BCUT2D eigenvalue weighted by atomic mass is 35.5. The third-order valence-electron chi connectivity index (χ3n) is 6.54. The quantitative estimate of drug-likeness (QED) is 0.247. The number of halogens is 5. The second-order valence-electron chi connectivity index (χ2n) is 8.97. The second-order valence-corrected chi connectivity index (χ2v) is 9.37. The maximum Gasteiger partial charge on any atom is 0.433 e. The number of likely N-dealkylation sites (tertiary alicyclic amines) is 1. The van der Waals surface area contributed by atoms with Gasteiger partial charge in [-0.25, -0.2) is 9.18 Å². The summed E-state index contributed by atoms with van der Waals surface area (Å²) in [6.07, 6.45) is -1.26. The number of ether oxygens (including phenoxy) is 1. The number of piperidine rings is 1. The van der Waals surface area contributed by atoms with Gasteiger partial charge in [0.2, 0.25) is 0 Å². The number of hydrogen-bond acceptors (Lipinski definition) is 6. The lowest BCUT2D eigenvalue weighted by Crippen LogP contribution is -2.54. The van der Waals surface area contributed by atoms with Crippen molar-refractivity contribution < 1.29 is 31.9 Å². The maximum atomic E-state index is 15.1. The molecule has 38 heavy (non-hydrogen) atoms. The summed E-state index contributed by atoms with van der Waals surface area (Å²) >= 11 is 5.99. The van der Waals surface area contributed by atoms with E-state index in [1.807, 2.05) is 0 Å². The third kappa shape index (κ3) is 5.31. The summed E-state index contributed by atoms with van der Waals surface area (Å²) in [4.78, 5) is 30.3. The Morgan fingerprint density at radius 2 is 2.16 bits per heavy atom. The van der Waals surface area contributed by atoms with Crippen LogP contribution in [0.1, 0.15) is 49.0 Å². The lowest BCUT2D eigenvalue weighted by molar-refractivity contribution is -0.141. The van der Waals surface area contributed by atoms with Crippen LogP contribution < -0.4 is 10.6 Å². The van der Waals surface area contributed by atoms with Gasteiger partial charge in [0.1, 0.15) is 5.69 Å². The van der Waals surface area contributed by atoms with Crippen molar-refractivity contribution in [2.45, 2.75) is 44.0 Å². The number of aromatic nitrogens is 1. The smallest absolute Gasteiger partial charge is 0.433 e. The first-order valence-electron chi connectivity index (χ1n) is 11.8. The van der Waals surface area contributed by atoms with Gasteiger partial charge in [-0.2, -0.15) is 13.2 Å². The summed E-state index contributed by atoms with van der Waals surface area (Å²) in [6, 6.07) is 4.55. The number of carbonyl (C=O) groups is 2. The molecule has 0 aliphatic carbocycles. The van der Waals surface area contributed by atoms with Gasteiger partial charge in [-0.3, -0.25) is 15.1 Å². The summed E-state index contributed by atoms with van der Waals surface area (Å²) in [5, 5.41) is 13.0. The Hall–Kier alpha value is -3.67. The van der Waals surface area contributed by atoms with Gasteiger partial charge in [0.25, 0.3) is 5.91 Å². The zero-order valence-corrected chi connectivity index (χ0v) is 20.9. The molecule has 1 aromatic carbocycles. The number of carbonyl (C=O) groups excluding carboxylic acids is 2. The highest BCUT2D eigenvalue weighted by Gasteiger charge is 2.48. The molecule has 1 unspecified atom stereocenters. The molecule has 0 bridgehead atoms. The van der Waals surface area contributed by atoms with Crippen LogP contribution in [0.4, 0.5) is 28.0 Å². The number of pyridine rings is 1. The Kier molecular flexibility index (Phi) is 7.63. The number of rotatable bonds is 6. The molecule has 13 heteroatoms. The molecular weight excluding hydrogens is 530 g/mol. The largest absolute Gasteiger partial charge is 0.436 e. The summed E-state index contributed by atoms with van der Waals surface area (Å²) in [5.41, 5.74) is -2.04. The third-order valence-corrected chi connectivity index (χ3v) is 6.84. The monoisotopic (exact) mass is 553 g/mol. The van der Waals surface area contributed by atoms with Crippen molar-refractivity contribution in [3.05, 3.63) is 69.9 Å². The van der Waals surface area contributed by atoms with Gasteiger partial charge in [0, 0.05) is 25.2 Å². The van der Waals surface area contributed by atoms with E-state index in [9.17, 15) is 22.8 Å². The Morgan fingerprint density at radius 3 is 2.84 bits per heavy atom. The Bertz CT molecular complexity index is 1300. The van der Waals surface area contributed by atoms with Crippen LogP contribution in [-0.2, 0) is 21.3 Å². The minimum atomic E-state index is -4.61. The molecule has 2 aliphatic heterocycles. The fourth-order valence-corrected chi connectivity index (χ4v) is 4.91. The Balaban J connectivity index is 1.58. The minimum Gasteiger partial charge on any atom is -0.436 e. The number of alkyl halides is 3. The van der Waals surface area contributed by atoms with Crippen molar-refractivity contribution in [3.8, 4) is 0 Å². The lowest BCUT2D eigenvalue weighted by atomic mass is 9.83. The van der Waals surface area contributed by atoms with Crippen LogP contribution in [0.25, 0.3) is 0 Å². The number of benzene rings is 1. The molecule has 1 spiro atoms. The average molecular weight is 554 g/mol. The molecule has 1 fully saturated rings. The van der Waals surface area contributed by atoms with Crippen LogP contribution in [0.15, 0.2) is 42.2 Å². The van der Waals surface area contributed by atoms with Gasteiger partial charge < -0.3 is 20.4 Å². The van der Waals surface area contributed by atoms with E-state index in [-0.39, 0.29) is 41.4 Å². The van der Waals surface area contributed by atoms with Crippen LogP contribution in [0, 0.1) is 11.2 Å². The molecule has 2 atom stereocenters. The van der Waals surface area contributed by atoms with Crippen molar-refractivity contribution in [3.63, 3.8) is 0 Å². The van der Waals surface area contributed by atoms with Crippen molar-refractivity contribution in [1.29, 1.82) is 5.41 Å². The van der Waals surface area contributed by atoms with E-state index in [4.69, 9.17) is 21.7 Å². The molecule has 4 rings (SSSR count). The van der Waals surface area contributed by atoms with E-state index in [1.165, 1.54) is 29.3 Å². The van der Waals surface area contributed by atoms with Crippen molar-refractivity contribution in [2.24, 2.45) is 0 Å². The number of amides is 2. The lowest BCUT2D eigenvalue weighted by Gasteiger charge is -2.45. The molecule has 2 amide bonds. The molecule has 3 heterocycles. The predicted octanol–water partition coefficient (Wildman–Crippen LogP) is 5.55. The highest BCUT2D eigenvalue weighted by Crippen LogP contribution is 2.45. The van der Waals surface area contributed by atoms with Crippen molar-refractivity contribution in [2.75, 3.05) is 18.4 Å². The average Bonchev–Trinajstić information content (AvgIpc) is 2.88. The fraction of sp³-hybridized carbons (Fsp3) is 0.360. The van der Waals surface area contributed by atoms with Crippen LogP contribution in [0.3, 0.4) is 0 Å². The topological polar surface area (TPSA) is 107 Å². The number of fused-ring (bicyclic) bond motifs is 2. The number of hydrogen-bond donors (Lipinski definition) is 3. The number of nitrogens with one attached hydrogen (secondary N) is 3. The molecule has 2 aliphatic rings. The standard InChI is InChI=1S/C25H24ClF4N5O3/c1-2-17(14-6-8-32-19(10-14)25(28,29)30)33-12-15(11-31)22(36)35-9-3-7-24(13-35)20-18(34-23(37)38-24)5-4-16(26)21(20)27/h4-6,8,10-12,17,31,33H,2-3,7,9,13H2,1H3,(H,34,37)/b15-12+,31-11?/t17?,24-/m0/s1. The van der Waals surface area contributed by atoms with Gasteiger partial charge >= 0.3 is 12.3 Å². The number of anilines is 1. The summed E-state index contributed by atoms with van der Waals surface area (Å²) in [6.45, 7) is 1.83. The molecule has 2 aromatic rings. The maximum absolute atomic E-state index is 15.1. The predicted molar refractivity (Wildman–Crippen MR) is 131 cm³/mol. The fourth-order valence-electron chi connectivity index (χ4n) is 4.75. The van der Waals surface area contributed by atoms with E-state index >= 15 is 4.39 Å². The molecule has 8 nitrogen and oxygen atoms in total. The Morgan fingerprint density at radius 1 is 1.39 bits per heavy atom. The SMILES string of the molecule is CCC(N/C=C(\C=N)C(=O)N1CCC[C@@]2(C1)OC(=O)Nc1ccc(Cl)c(F)c12)c1ccnc(C(F)(F)F)c1. The first kappa shape index (κ1) is 27.4. The molecule has 202 valence electrons. The van der Waals surface area contributed by atoms with Gasteiger partial charge in [-0.1, -0.05) is 18.5 Å². The van der Waals surface area contributed by atoms with Crippen LogP contribution in [0.2, 0.25) is 5.02 Å². The zero-order chi connectivity index (χ0) is 27.7. The van der Waals surface area contributed by atoms with E-state index in [1.54, 1.807) is 6.92 Å². The molecule has 1 aromatic heterocycles. The summed E-state index contributed by atoms with van der Waals surface area (Å²) in [7, 11) is 0. The summed E-state index contributed by atoms with van der Waals surface area (Å²) < 4.78 is 59.9. The highest BCUT2D eigenvalue weighted by molar-refractivity contribution is 6.31. The van der Waals surface area contributed by atoms with Crippen LogP contribution in [0.5, 0.6) is 0 Å². The van der Waals surface area contributed by atoms with E-state index in [0.717, 1.165) is 18.5 Å². The normalized spacial score (nSPS) is 20.3. The summed E-state index contributed by atoms with van der Waals surface area (Å²) in [5.74, 6) is -1.35. The van der Waals surface area contributed by atoms with E-state index in [2.05, 4.69) is 15.6 Å². The Labute approximate surface area is 220 Å². The second kappa shape index (κ2) is 10.6. The van der Waals surface area contributed by atoms with Crippen LogP contribution in [-0.4, -0.2) is 41.2 Å². The molecule has 1 saturated heterocycles. The first-order chi connectivity index (χ1) is 18.0. The molecular formula is C25H24ClF4N5O3. The van der Waals surface area contributed by atoms with E-state index < -0.39 is 41.3 Å². The minimum absolute atomic E-state index is 0.0461. The van der Waals surface area contributed by atoms with Gasteiger partial charge in [0.15, 0.2) is 11.4 Å². The van der Waals surface area contributed by atoms with Crippen LogP contribution >= 0.6 is 11.6 Å². The van der Waals surface area contributed by atoms with Gasteiger partial charge in [-0.15, -0.1) is 0 Å². The van der Waals surface area contributed by atoms with Gasteiger partial charge in [-0.05, 0) is 49.1 Å². The first-order valence-corrected chi connectivity index (χ1v) is 12.1. The molecule has 0 saturated carbocycles. The zero-order valence-electron chi connectivity index (χ0n) is 20.2. The van der Waals surface area contributed by atoms with E-state index in [0.29, 0.717) is 18.4 Å². The molecule has 3 N–H and O–H groups in total. The molecule has 0 radical (unpaired) electrons. The van der Waals surface area contributed by atoms with Crippen molar-refractivity contribution in [1.82, 2.24) is 15.2 Å².